The Morgan fingerprint density at radius 3 is 2.88 bits per heavy atom. The number of aryl methyl sites for hydroxylation is 2. The van der Waals surface area contributed by atoms with Gasteiger partial charge in [0.1, 0.15) is 0 Å². The molecule has 1 rings (SSSR count). The first kappa shape index (κ1) is 13.2. The van der Waals surface area contributed by atoms with Crippen LogP contribution in [0.5, 0.6) is 0 Å². The second kappa shape index (κ2) is 6.00. The molecule has 1 aromatic rings. The second-order valence-electron chi connectivity index (χ2n) is 3.68. The van der Waals surface area contributed by atoms with Crippen molar-refractivity contribution in [3.63, 3.8) is 0 Å². The molecule has 16 heavy (non-hydrogen) atoms. The first-order chi connectivity index (χ1) is 7.57. The first-order valence-corrected chi connectivity index (χ1v) is 7.22. The van der Waals surface area contributed by atoms with Crippen LogP contribution in [0.4, 0.5) is 0 Å². The lowest BCUT2D eigenvalue weighted by atomic mass is 10.2. The molecule has 0 aliphatic heterocycles. The Labute approximate surface area is 96.0 Å². The van der Waals surface area contributed by atoms with Gasteiger partial charge in [0.2, 0.25) is 0 Å². The summed E-state index contributed by atoms with van der Waals surface area (Å²) in [5.74, 6) is 0.302. The minimum atomic E-state index is -2.93. The van der Waals surface area contributed by atoms with Gasteiger partial charge >= 0.3 is 0 Å². The zero-order valence-corrected chi connectivity index (χ0v) is 10.3. The Kier molecular flexibility index (Phi) is 4.95. The second-order valence-corrected chi connectivity index (χ2v) is 6.15. The molecule has 6 heteroatoms. The molecule has 0 saturated heterocycles. The number of rotatable bonds is 7. The fourth-order valence-electron chi connectivity index (χ4n) is 1.32. The summed E-state index contributed by atoms with van der Waals surface area (Å²) in [5, 5.41) is 12.7. The van der Waals surface area contributed by atoms with Gasteiger partial charge in [-0.2, -0.15) is 5.10 Å². The van der Waals surface area contributed by atoms with Crippen molar-refractivity contribution in [1.29, 1.82) is 0 Å². The highest BCUT2D eigenvalue weighted by molar-refractivity contribution is 7.91. The SMILES string of the molecule is CCS(=O)(=O)CCn1cc(CCCO)cn1. The van der Waals surface area contributed by atoms with Crippen molar-refractivity contribution in [2.45, 2.75) is 26.3 Å². The van der Waals surface area contributed by atoms with Crippen molar-refractivity contribution in [1.82, 2.24) is 9.78 Å². The van der Waals surface area contributed by atoms with Gasteiger partial charge in [-0.15, -0.1) is 0 Å². The maximum absolute atomic E-state index is 11.3. The summed E-state index contributed by atoms with van der Waals surface area (Å²) in [7, 11) is -2.93. The average molecular weight is 246 g/mol. The summed E-state index contributed by atoms with van der Waals surface area (Å²) in [4.78, 5) is 0. The van der Waals surface area contributed by atoms with Crippen LogP contribution in [0.25, 0.3) is 0 Å². The molecular weight excluding hydrogens is 228 g/mol. The van der Waals surface area contributed by atoms with Crippen molar-refractivity contribution in [3.05, 3.63) is 18.0 Å². The highest BCUT2D eigenvalue weighted by Crippen LogP contribution is 2.02. The average Bonchev–Trinajstić information content (AvgIpc) is 2.72. The van der Waals surface area contributed by atoms with Crippen LogP contribution in [0.2, 0.25) is 0 Å². The van der Waals surface area contributed by atoms with Crippen LogP contribution in [0, 0.1) is 0 Å². The van der Waals surface area contributed by atoms with Gasteiger partial charge in [0, 0.05) is 18.6 Å². The van der Waals surface area contributed by atoms with Crippen LogP contribution in [-0.4, -0.2) is 41.4 Å². The van der Waals surface area contributed by atoms with Gasteiger partial charge in [0.15, 0.2) is 9.84 Å². The number of nitrogens with zero attached hydrogens (tertiary/aromatic N) is 2. The Hall–Kier alpha value is -0.880. The van der Waals surface area contributed by atoms with Gasteiger partial charge < -0.3 is 5.11 Å². The predicted octanol–water partition coefficient (Wildman–Crippen LogP) is 0.243. The molecule has 5 nitrogen and oxygen atoms in total. The minimum Gasteiger partial charge on any atom is -0.396 e. The van der Waals surface area contributed by atoms with Crippen LogP contribution in [0.15, 0.2) is 12.4 Å². The van der Waals surface area contributed by atoms with Crippen molar-refractivity contribution >= 4 is 9.84 Å². The number of hydrogen-bond acceptors (Lipinski definition) is 4. The van der Waals surface area contributed by atoms with Crippen LogP contribution in [0.1, 0.15) is 18.9 Å². The molecule has 0 bridgehead atoms. The van der Waals surface area contributed by atoms with E-state index in [2.05, 4.69) is 5.10 Å². The summed E-state index contributed by atoms with van der Waals surface area (Å²) in [6.45, 7) is 2.20. The third-order valence-electron chi connectivity index (χ3n) is 2.38. The summed E-state index contributed by atoms with van der Waals surface area (Å²) in [6, 6.07) is 0. The monoisotopic (exact) mass is 246 g/mol. The van der Waals surface area contributed by atoms with E-state index in [4.69, 9.17) is 5.11 Å². The molecule has 92 valence electrons. The van der Waals surface area contributed by atoms with E-state index in [1.165, 1.54) is 0 Å². The van der Waals surface area contributed by atoms with E-state index in [0.29, 0.717) is 13.0 Å². The summed E-state index contributed by atoms with van der Waals surface area (Å²) in [6.07, 6.45) is 5.03. The van der Waals surface area contributed by atoms with Gasteiger partial charge in [0.05, 0.1) is 18.5 Å². The number of aliphatic hydroxyl groups excluding tert-OH is 1. The third kappa shape index (κ3) is 4.32. The highest BCUT2D eigenvalue weighted by atomic mass is 32.2. The molecule has 0 fully saturated rings. The van der Waals surface area contributed by atoms with Gasteiger partial charge in [-0.3, -0.25) is 4.68 Å². The zero-order valence-electron chi connectivity index (χ0n) is 9.46. The summed E-state index contributed by atoms with van der Waals surface area (Å²) >= 11 is 0. The number of aromatic nitrogens is 2. The molecule has 1 N–H and O–H groups in total. The van der Waals surface area contributed by atoms with Crippen LogP contribution >= 0.6 is 0 Å². The lowest BCUT2D eigenvalue weighted by Gasteiger charge is -2.01. The van der Waals surface area contributed by atoms with Crippen LogP contribution < -0.4 is 0 Å². The predicted molar refractivity (Wildman–Crippen MR) is 62.0 cm³/mol. The molecule has 0 spiro atoms. The van der Waals surface area contributed by atoms with E-state index < -0.39 is 9.84 Å². The first-order valence-electron chi connectivity index (χ1n) is 5.40. The molecular formula is C10H18N2O3S. The Morgan fingerprint density at radius 1 is 1.50 bits per heavy atom. The van der Waals surface area contributed by atoms with Crippen molar-refractivity contribution < 1.29 is 13.5 Å². The Morgan fingerprint density at radius 2 is 2.25 bits per heavy atom. The van der Waals surface area contributed by atoms with E-state index >= 15 is 0 Å². The Bertz CT molecular complexity index is 411. The quantitative estimate of drug-likeness (QED) is 0.748. The summed E-state index contributed by atoms with van der Waals surface area (Å²) in [5.41, 5.74) is 1.03. The standard InChI is InChI=1S/C10H18N2O3S/c1-2-16(14,15)7-5-12-9-10(8-11-12)4-3-6-13/h8-9,13H,2-7H2,1H3. The van der Waals surface area contributed by atoms with Crippen molar-refractivity contribution in [2.24, 2.45) is 0 Å². The third-order valence-corrected chi connectivity index (χ3v) is 4.07. The van der Waals surface area contributed by atoms with Gasteiger partial charge in [0.25, 0.3) is 0 Å². The van der Waals surface area contributed by atoms with Gasteiger partial charge in [-0.05, 0) is 18.4 Å². The molecule has 0 unspecified atom stereocenters. The van der Waals surface area contributed by atoms with Gasteiger partial charge in [-0.25, -0.2) is 8.42 Å². The molecule has 0 amide bonds. The molecule has 0 atom stereocenters. The molecule has 0 saturated carbocycles. The smallest absolute Gasteiger partial charge is 0.151 e. The normalized spacial score (nSPS) is 11.9. The zero-order chi connectivity index (χ0) is 12.0. The van der Waals surface area contributed by atoms with Gasteiger partial charge in [-0.1, -0.05) is 6.92 Å². The molecule has 0 aromatic carbocycles. The maximum atomic E-state index is 11.3. The fraction of sp³-hybridized carbons (Fsp3) is 0.700. The topological polar surface area (TPSA) is 72.2 Å². The molecule has 1 aromatic heterocycles. The van der Waals surface area contributed by atoms with E-state index in [1.807, 2.05) is 6.20 Å². The number of hydrogen-bond donors (Lipinski definition) is 1. The van der Waals surface area contributed by atoms with E-state index in [-0.39, 0.29) is 18.1 Å². The van der Waals surface area contributed by atoms with E-state index in [1.54, 1.807) is 17.8 Å². The minimum absolute atomic E-state index is 0.130. The number of aliphatic hydroxyl groups is 1. The molecule has 0 radical (unpaired) electrons. The Balaban J connectivity index is 2.46. The van der Waals surface area contributed by atoms with Crippen LogP contribution in [-0.2, 0) is 22.8 Å². The fourth-order valence-corrected chi connectivity index (χ4v) is 2.07. The number of sulfone groups is 1. The van der Waals surface area contributed by atoms with Crippen molar-refractivity contribution in [2.75, 3.05) is 18.1 Å². The largest absolute Gasteiger partial charge is 0.396 e. The molecule has 0 aliphatic carbocycles. The van der Waals surface area contributed by atoms with E-state index in [9.17, 15) is 8.42 Å². The maximum Gasteiger partial charge on any atom is 0.151 e. The lowest BCUT2D eigenvalue weighted by molar-refractivity contribution is 0.288. The highest BCUT2D eigenvalue weighted by Gasteiger charge is 2.07. The van der Waals surface area contributed by atoms with Crippen molar-refractivity contribution in [3.8, 4) is 0 Å². The van der Waals surface area contributed by atoms with E-state index in [0.717, 1.165) is 12.0 Å². The molecule has 1 heterocycles. The summed E-state index contributed by atoms with van der Waals surface area (Å²) < 4.78 is 24.2. The lowest BCUT2D eigenvalue weighted by Crippen LogP contribution is -2.14. The van der Waals surface area contributed by atoms with Crippen LogP contribution in [0.3, 0.4) is 0 Å². The molecule has 0 aliphatic rings.